The second kappa shape index (κ2) is 10.6. The maximum absolute atomic E-state index is 12.7. The largest absolute Gasteiger partial charge is 0.423 e. The highest BCUT2D eigenvalue weighted by Crippen LogP contribution is 2.30. The molecule has 174 valence electrons. The highest BCUT2D eigenvalue weighted by atomic mass is 35.5. The van der Waals surface area contributed by atoms with Crippen molar-refractivity contribution >= 4 is 41.3 Å². The summed E-state index contributed by atoms with van der Waals surface area (Å²) in [5.41, 5.74) is 1.51. The Morgan fingerprint density at radius 2 is 1.62 bits per heavy atom. The van der Waals surface area contributed by atoms with Gasteiger partial charge in [0.25, 0.3) is 0 Å². The van der Waals surface area contributed by atoms with Crippen molar-refractivity contribution in [3.8, 4) is 5.75 Å². The quantitative estimate of drug-likeness (QED) is 0.179. The fraction of sp³-hybridized carbons (Fsp3) is 0.0435. The van der Waals surface area contributed by atoms with Crippen LogP contribution in [0.1, 0.15) is 21.5 Å². The minimum absolute atomic E-state index is 0.194. The first-order chi connectivity index (χ1) is 16.1. The van der Waals surface area contributed by atoms with Crippen molar-refractivity contribution in [1.29, 1.82) is 0 Å². The number of hydrogen-bond donors (Lipinski definition) is 2. The average molecular weight is 490 g/mol. The van der Waals surface area contributed by atoms with E-state index in [1.165, 1.54) is 42.6 Å². The zero-order valence-corrected chi connectivity index (χ0v) is 17.9. The van der Waals surface area contributed by atoms with Crippen molar-refractivity contribution in [2.75, 3.05) is 5.32 Å². The lowest BCUT2D eigenvalue weighted by Gasteiger charge is -2.09. The van der Waals surface area contributed by atoms with E-state index in [0.29, 0.717) is 11.6 Å². The maximum atomic E-state index is 12.7. The summed E-state index contributed by atoms with van der Waals surface area (Å²) in [7, 11) is 0. The monoisotopic (exact) mass is 489 g/mol. The summed E-state index contributed by atoms with van der Waals surface area (Å²) in [6.45, 7) is 0. The van der Waals surface area contributed by atoms with Gasteiger partial charge in [-0.3, -0.25) is 9.59 Å². The number of anilines is 1. The SMILES string of the molecule is O=C(N/N=C/c1ccc(OC(=O)c2ccccc2Cl)cc1)C(=O)Nc1cccc(C(F)(F)F)c1. The normalized spacial score (nSPS) is 11.2. The lowest BCUT2D eigenvalue weighted by molar-refractivity contribution is -0.137. The first-order valence-corrected chi connectivity index (χ1v) is 9.90. The number of hydrazone groups is 1. The smallest absolute Gasteiger partial charge is 0.416 e. The van der Waals surface area contributed by atoms with E-state index in [2.05, 4.69) is 10.4 Å². The molecule has 0 fully saturated rings. The van der Waals surface area contributed by atoms with Crippen LogP contribution in [-0.2, 0) is 15.8 Å². The molecule has 0 saturated carbocycles. The van der Waals surface area contributed by atoms with Crippen molar-refractivity contribution in [1.82, 2.24) is 5.43 Å². The van der Waals surface area contributed by atoms with Crippen molar-refractivity contribution < 1.29 is 32.3 Å². The van der Waals surface area contributed by atoms with E-state index < -0.39 is 29.5 Å². The van der Waals surface area contributed by atoms with Crippen molar-refractivity contribution in [3.05, 3.63) is 94.5 Å². The van der Waals surface area contributed by atoms with Gasteiger partial charge in [-0.1, -0.05) is 29.8 Å². The Labute approximate surface area is 196 Å². The van der Waals surface area contributed by atoms with Gasteiger partial charge in [0.05, 0.1) is 22.4 Å². The summed E-state index contributed by atoms with van der Waals surface area (Å²) < 4.78 is 43.4. The average Bonchev–Trinajstić information content (AvgIpc) is 2.80. The van der Waals surface area contributed by atoms with Crippen LogP contribution in [0.3, 0.4) is 0 Å². The van der Waals surface area contributed by atoms with Crippen LogP contribution in [0.5, 0.6) is 5.75 Å². The maximum Gasteiger partial charge on any atom is 0.416 e. The Hall–Kier alpha value is -4.18. The van der Waals surface area contributed by atoms with Gasteiger partial charge in [0.15, 0.2) is 0 Å². The van der Waals surface area contributed by atoms with E-state index >= 15 is 0 Å². The lowest BCUT2D eigenvalue weighted by Crippen LogP contribution is -2.32. The van der Waals surface area contributed by atoms with E-state index in [1.54, 1.807) is 18.2 Å². The summed E-state index contributed by atoms with van der Waals surface area (Å²) in [6.07, 6.45) is -3.37. The number of hydrogen-bond acceptors (Lipinski definition) is 5. The van der Waals surface area contributed by atoms with Gasteiger partial charge in [-0.05, 0) is 60.2 Å². The molecular formula is C23H15ClF3N3O4. The third-order valence-corrected chi connectivity index (χ3v) is 4.55. The third kappa shape index (κ3) is 6.66. The van der Waals surface area contributed by atoms with Crippen LogP contribution in [-0.4, -0.2) is 24.0 Å². The second-order valence-electron chi connectivity index (χ2n) is 6.67. The molecule has 0 aliphatic rings. The van der Waals surface area contributed by atoms with Gasteiger partial charge in [-0.25, -0.2) is 10.2 Å². The summed E-state index contributed by atoms with van der Waals surface area (Å²) in [5, 5.41) is 5.94. The molecule has 0 spiro atoms. The van der Waals surface area contributed by atoms with E-state index in [-0.39, 0.29) is 22.0 Å². The van der Waals surface area contributed by atoms with Gasteiger partial charge in [0.1, 0.15) is 5.75 Å². The molecule has 3 aromatic carbocycles. The van der Waals surface area contributed by atoms with E-state index in [9.17, 15) is 27.6 Å². The molecule has 0 heterocycles. The van der Waals surface area contributed by atoms with Gasteiger partial charge in [0.2, 0.25) is 0 Å². The van der Waals surface area contributed by atoms with Crippen LogP contribution in [0, 0.1) is 0 Å². The fourth-order valence-corrected chi connectivity index (χ4v) is 2.80. The zero-order chi connectivity index (χ0) is 24.7. The molecule has 2 N–H and O–H groups in total. The van der Waals surface area contributed by atoms with Crippen LogP contribution in [0.25, 0.3) is 0 Å². The Kier molecular flexibility index (Phi) is 7.64. The summed E-state index contributed by atoms with van der Waals surface area (Å²) >= 11 is 5.96. The minimum Gasteiger partial charge on any atom is -0.423 e. The van der Waals surface area contributed by atoms with E-state index in [0.717, 1.165) is 12.1 Å². The fourth-order valence-electron chi connectivity index (χ4n) is 2.59. The Morgan fingerprint density at radius 3 is 2.29 bits per heavy atom. The number of carbonyl (C=O) groups excluding carboxylic acids is 3. The van der Waals surface area contributed by atoms with Gasteiger partial charge in [-0.15, -0.1) is 0 Å². The molecular weight excluding hydrogens is 475 g/mol. The topological polar surface area (TPSA) is 96.9 Å². The Balaban J connectivity index is 1.53. The van der Waals surface area contributed by atoms with Gasteiger partial charge < -0.3 is 10.1 Å². The van der Waals surface area contributed by atoms with Crippen LogP contribution < -0.4 is 15.5 Å². The lowest BCUT2D eigenvalue weighted by atomic mass is 10.2. The molecule has 0 unspecified atom stereocenters. The third-order valence-electron chi connectivity index (χ3n) is 4.22. The molecule has 0 saturated heterocycles. The van der Waals surface area contributed by atoms with Crippen molar-refractivity contribution in [2.45, 2.75) is 6.18 Å². The molecule has 11 heteroatoms. The number of nitrogens with one attached hydrogen (secondary N) is 2. The number of halogens is 4. The van der Waals surface area contributed by atoms with Gasteiger partial charge in [0, 0.05) is 5.69 Å². The van der Waals surface area contributed by atoms with E-state index in [1.807, 2.05) is 5.43 Å². The number of esters is 1. The van der Waals surface area contributed by atoms with Gasteiger partial charge >= 0.3 is 24.0 Å². The Morgan fingerprint density at radius 1 is 0.912 bits per heavy atom. The number of ether oxygens (including phenoxy) is 1. The molecule has 2 amide bonds. The van der Waals surface area contributed by atoms with E-state index in [4.69, 9.17) is 16.3 Å². The van der Waals surface area contributed by atoms with Crippen LogP contribution >= 0.6 is 11.6 Å². The van der Waals surface area contributed by atoms with Crippen LogP contribution in [0.2, 0.25) is 5.02 Å². The molecule has 3 aromatic rings. The Bertz CT molecular complexity index is 1240. The highest BCUT2D eigenvalue weighted by Gasteiger charge is 2.30. The van der Waals surface area contributed by atoms with Gasteiger partial charge in [-0.2, -0.15) is 18.3 Å². The predicted molar refractivity (Wildman–Crippen MR) is 119 cm³/mol. The van der Waals surface area contributed by atoms with Crippen molar-refractivity contribution in [3.63, 3.8) is 0 Å². The summed E-state index contributed by atoms with van der Waals surface area (Å²) in [6, 6.07) is 16.3. The predicted octanol–water partition coefficient (Wildman–Crippen LogP) is 4.67. The number of benzene rings is 3. The molecule has 0 aliphatic heterocycles. The number of carbonyl (C=O) groups is 3. The number of alkyl halides is 3. The zero-order valence-electron chi connectivity index (χ0n) is 17.1. The molecule has 3 rings (SSSR count). The second-order valence-corrected chi connectivity index (χ2v) is 7.08. The number of amides is 2. The molecule has 0 bridgehead atoms. The molecule has 0 radical (unpaired) electrons. The molecule has 0 aromatic heterocycles. The van der Waals surface area contributed by atoms with Crippen LogP contribution in [0.15, 0.2) is 77.9 Å². The standard InChI is InChI=1S/C23H15ClF3N3O4/c24-19-7-2-1-6-18(19)22(33)34-17-10-8-14(9-11-17)13-28-30-21(32)20(31)29-16-5-3-4-15(12-16)23(25,26)27/h1-13H,(H,29,31)(H,30,32)/b28-13+. The number of nitrogens with zero attached hydrogens (tertiary/aromatic N) is 1. The first-order valence-electron chi connectivity index (χ1n) is 9.52. The molecule has 0 atom stereocenters. The molecule has 7 nitrogen and oxygen atoms in total. The van der Waals surface area contributed by atoms with Crippen LogP contribution in [0.4, 0.5) is 18.9 Å². The van der Waals surface area contributed by atoms with Crippen molar-refractivity contribution in [2.24, 2.45) is 5.10 Å². The summed E-state index contributed by atoms with van der Waals surface area (Å²) in [5.74, 6) is -2.77. The highest BCUT2D eigenvalue weighted by molar-refractivity contribution is 6.39. The molecule has 0 aliphatic carbocycles. The molecule has 34 heavy (non-hydrogen) atoms. The minimum atomic E-state index is -4.59. The first kappa shape index (κ1) is 24.5. The summed E-state index contributed by atoms with van der Waals surface area (Å²) in [4.78, 5) is 35.9. The number of rotatable bonds is 5.